The number of thiazole rings is 1. The standard InChI is InChI=1S/C12H10N4OS2/c1-8-2-3-14-11(9(8)6-13)19-7-10(17)16-12-15-4-5-18-12/h2-5H,7H2,1H3,(H,15,16,17). The number of nitriles is 1. The highest BCUT2D eigenvalue weighted by Crippen LogP contribution is 2.22. The summed E-state index contributed by atoms with van der Waals surface area (Å²) in [7, 11) is 0. The number of carbonyl (C=O) groups is 1. The Morgan fingerprint density at radius 1 is 1.53 bits per heavy atom. The molecule has 1 N–H and O–H groups in total. The fraction of sp³-hybridized carbons (Fsp3) is 0.167. The molecule has 96 valence electrons. The number of carbonyl (C=O) groups excluding carboxylic acids is 1. The SMILES string of the molecule is Cc1ccnc(SCC(=O)Nc2nccs2)c1C#N. The van der Waals surface area contributed by atoms with Crippen molar-refractivity contribution in [3.8, 4) is 6.07 Å². The van der Waals surface area contributed by atoms with Crippen molar-refractivity contribution >= 4 is 34.1 Å². The van der Waals surface area contributed by atoms with E-state index >= 15 is 0 Å². The average molecular weight is 290 g/mol. The minimum absolute atomic E-state index is 0.160. The Kier molecular flexibility index (Phi) is 4.49. The van der Waals surface area contributed by atoms with Crippen LogP contribution in [0.2, 0.25) is 0 Å². The number of aromatic nitrogens is 2. The van der Waals surface area contributed by atoms with Crippen LogP contribution in [0.4, 0.5) is 5.13 Å². The second-order valence-corrected chi connectivity index (χ2v) is 5.45. The number of pyridine rings is 1. The van der Waals surface area contributed by atoms with Gasteiger partial charge in [0.2, 0.25) is 5.91 Å². The molecule has 2 heterocycles. The Bertz CT molecular complexity index is 619. The van der Waals surface area contributed by atoms with E-state index in [1.54, 1.807) is 23.8 Å². The molecule has 0 unspecified atom stereocenters. The van der Waals surface area contributed by atoms with Crippen LogP contribution in [0.5, 0.6) is 0 Å². The minimum atomic E-state index is -0.160. The molecule has 19 heavy (non-hydrogen) atoms. The van der Waals surface area contributed by atoms with E-state index < -0.39 is 0 Å². The van der Waals surface area contributed by atoms with Crippen molar-refractivity contribution < 1.29 is 4.79 Å². The molecule has 0 aromatic carbocycles. The highest BCUT2D eigenvalue weighted by atomic mass is 32.2. The minimum Gasteiger partial charge on any atom is -0.301 e. The molecule has 0 fully saturated rings. The zero-order valence-electron chi connectivity index (χ0n) is 10.1. The fourth-order valence-corrected chi connectivity index (χ4v) is 2.72. The molecule has 0 bridgehead atoms. The van der Waals surface area contributed by atoms with Crippen LogP contribution in [0, 0.1) is 18.3 Å². The van der Waals surface area contributed by atoms with E-state index in [2.05, 4.69) is 21.4 Å². The van der Waals surface area contributed by atoms with E-state index in [9.17, 15) is 4.79 Å². The van der Waals surface area contributed by atoms with Gasteiger partial charge in [0.1, 0.15) is 11.1 Å². The maximum Gasteiger partial charge on any atom is 0.236 e. The Balaban J connectivity index is 1.98. The molecule has 0 aliphatic carbocycles. The van der Waals surface area contributed by atoms with Crippen molar-refractivity contribution in [2.24, 2.45) is 0 Å². The molecule has 1 amide bonds. The first kappa shape index (κ1) is 13.5. The lowest BCUT2D eigenvalue weighted by atomic mass is 10.2. The Labute approximate surface area is 118 Å². The van der Waals surface area contributed by atoms with Gasteiger partial charge in [0.25, 0.3) is 0 Å². The summed E-state index contributed by atoms with van der Waals surface area (Å²) < 4.78 is 0. The van der Waals surface area contributed by atoms with Gasteiger partial charge in [0.15, 0.2) is 5.13 Å². The summed E-state index contributed by atoms with van der Waals surface area (Å²) in [5.74, 6) is 0.0391. The molecule has 0 aliphatic rings. The van der Waals surface area contributed by atoms with Crippen LogP contribution in [0.3, 0.4) is 0 Å². The summed E-state index contributed by atoms with van der Waals surface area (Å²) in [6.07, 6.45) is 3.26. The zero-order chi connectivity index (χ0) is 13.7. The number of anilines is 1. The number of aryl methyl sites for hydroxylation is 1. The van der Waals surface area contributed by atoms with Gasteiger partial charge in [-0.05, 0) is 18.6 Å². The van der Waals surface area contributed by atoms with Crippen molar-refractivity contribution in [3.63, 3.8) is 0 Å². The summed E-state index contributed by atoms with van der Waals surface area (Å²) >= 11 is 2.61. The van der Waals surface area contributed by atoms with Gasteiger partial charge >= 0.3 is 0 Å². The fourth-order valence-electron chi connectivity index (χ4n) is 1.35. The lowest BCUT2D eigenvalue weighted by molar-refractivity contribution is -0.113. The molecular weight excluding hydrogens is 280 g/mol. The maximum absolute atomic E-state index is 11.7. The van der Waals surface area contributed by atoms with Crippen LogP contribution < -0.4 is 5.32 Å². The third-order valence-electron chi connectivity index (χ3n) is 2.25. The van der Waals surface area contributed by atoms with Crippen LogP contribution in [0.15, 0.2) is 28.9 Å². The largest absolute Gasteiger partial charge is 0.301 e. The Morgan fingerprint density at radius 3 is 3.05 bits per heavy atom. The number of rotatable bonds is 4. The Morgan fingerprint density at radius 2 is 2.37 bits per heavy atom. The molecule has 0 saturated heterocycles. The van der Waals surface area contributed by atoms with Gasteiger partial charge in [0, 0.05) is 17.8 Å². The van der Waals surface area contributed by atoms with Gasteiger partial charge < -0.3 is 5.32 Å². The predicted octanol–water partition coefficient (Wildman–Crippen LogP) is 2.45. The van der Waals surface area contributed by atoms with Crippen LogP contribution in [0.25, 0.3) is 0 Å². The molecule has 0 spiro atoms. The summed E-state index contributed by atoms with van der Waals surface area (Å²) in [5.41, 5.74) is 1.38. The summed E-state index contributed by atoms with van der Waals surface area (Å²) in [4.78, 5) is 19.8. The first-order valence-corrected chi connectivity index (χ1v) is 7.25. The van der Waals surface area contributed by atoms with Gasteiger partial charge in [0.05, 0.1) is 11.3 Å². The van der Waals surface area contributed by atoms with Crippen molar-refractivity contribution in [1.82, 2.24) is 9.97 Å². The third-order valence-corrected chi connectivity index (χ3v) is 3.93. The van der Waals surface area contributed by atoms with Crippen molar-refractivity contribution in [1.29, 1.82) is 5.26 Å². The summed E-state index contributed by atoms with van der Waals surface area (Å²) in [5, 5.41) is 14.7. The van der Waals surface area contributed by atoms with Gasteiger partial charge in [-0.1, -0.05) is 11.8 Å². The molecule has 2 rings (SSSR count). The van der Waals surface area contributed by atoms with Crippen LogP contribution >= 0.6 is 23.1 Å². The number of nitrogens with one attached hydrogen (secondary N) is 1. The average Bonchev–Trinajstić information content (AvgIpc) is 2.89. The zero-order valence-corrected chi connectivity index (χ0v) is 11.7. The normalized spacial score (nSPS) is 9.89. The Hall–Kier alpha value is -1.91. The topological polar surface area (TPSA) is 78.7 Å². The number of amides is 1. The lowest BCUT2D eigenvalue weighted by Crippen LogP contribution is -2.14. The van der Waals surface area contributed by atoms with E-state index in [1.165, 1.54) is 23.1 Å². The van der Waals surface area contributed by atoms with Crippen LogP contribution in [-0.2, 0) is 4.79 Å². The maximum atomic E-state index is 11.7. The third kappa shape index (κ3) is 3.53. The van der Waals surface area contributed by atoms with Gasteiger partial charge in [-0.25, -0.2) is 9.97 Å². The molecule has 0 atom stereocenters. The first-order chi connectivity index (χ1) is 9.20. The second-order valence-electron chi connectivity index (χ2n) is 3.59. The highest BCUT2D eigenvalue weighted by Gasteiger charge is 2.10. The summed E-state index contributed by atoms with van der Waals surface area (Å²) in [6, 6.07) is 3.88. The number of hydrogen-bond acceptors (Lipinski definition) is 6. The predicted molar refractivity (Wildman–Crippen MR) is 75.2 cm³/mol. The van der Waals surface area contributed by atoms with Gasteiger partial charge in [-0.15, -0.1) is 11.3 Å². The first-order valence-electron chi connectivity index (χ1n) is 5.38. The number of hydrogen-bond donors (Lipinski definition) is 1. The number of thioether (sulfide) groups is 1. The molecule has 7 heteroatoms. The smallest absolute Gasteiger partial charge is 0.236 e. The van der Waals surface area contributed by atoms with Crippen LogP contribution in [-0.4, -0.2) is 21.6 Å². The lowest BCUT2D eigenvalue weighted by Gasteiger charge is -2.04. The van der Waals surface area contributed by atoms with Crippen molar-refractivity contribution in [2.45, 2.75) is 11.9 Å². The van der Waals surface area contributed by atoms with E-state index in [-0.39, 0.29) is 11.7 Å². The van der Waals surface area contributed by atoms with Crippen LogP contribution in [0.1, 0.15) is 11.1 Å². The quantitative estimate of drug-likeness (QED) is 0.875. The number of nitrogens with zero attached hydrogens (tertiary/aromatic N) is 3. The van der Waals surface area contributed by atoms with Crippen molar-refractivity contribution in [2.75, 3.05) is 11.1 Å². The molecule has 0 saturated carbocycles. The van der Waals surface area contributed by atoms with Crippen molar-refractivity contribution in [3.05, 3.63) is 35.0 Å². The molecule has 0 radical (unpaired) electrons. The highest BCUT2D eigenvalue weighted by molar-refractivity contribution is 8.00. The second kappa shape index (κ2) is 6.31. The molecule has 0 aliphatic heterocycles. The van der Waals surface area contributed by atoms with Gasteiger partial charge in [-0.2, -0.15) is 5.26 Å². The van der Waals surface area contributed by atoms with E-state index in [0.717, 1.165) is 5.56 Å². The monoisotopic (exact) mass is 290 g/mol. The van der Waals surface area contributed by atoms with E-state index in [4.69, 9.17) is 5.26 Å². The molecule has 2 aromatic rings. The molecular formula is C12H10N4OS2. The molecule has 5 nitrogen and oxygen atoms in total. The summed E-state index contributed by atoms with van der Waals surface area (Å²) in [6.45, 7) is 1.85. The molecule has 2 aromatic heterocycles. The van der Waals surface area contributed by atoms with Gasteiger partial charge in [-0.3, -0.25) is 4.79 Å². The van der Waals surface area contributed by atoms with E-state index in [1.807, 2.05) is 6.92 Å². The van der Waals surface area contributed by atoms with E-state index in [0.29, 0.717) is 15.7 Å².